The zero-order valence-electron chi connectivity index (χ0n) is 12.5. The number of carboxylic acid groups (broad SMARTS) is 1. The summed E-state index contributed by atoms with van der Waals surface area (Å²) in [5, 5.41) is 8.62. The van der Waals surface area contributed by atoms with Crippen LogP contribution >= 0.6 is 0 Å². The molecule has 1 saturated heterocycles. The Morgan fingerprint density at radius 3 is 2.24 bits per heavy atom. The van der Waals surface area contributed by atoms with Gasteiger partial charge in [-0.05, 0) is 20.3 Å². The van der Waals surface area contributed by atoms with Gasteiger partial charge in [0.05, 0.1) is 0 Å². The first-order valence-corrected chi connectivity index (χ1v) is 7.17. The molecule has 0 radical (unpaired) electrons. The van der Waals surface area contributed by atoms with Crippen LogP contribution < -0.4 is 0 Å². The standard InChI is InChI=1S/C14H22N2O5/c1-10(2)15(8-3-4-14(20)21)13(19)7-9-16-11(17)5-6-12(16)18/h10H,3-9H2,1-2H3,(H,20,21). The summed E-state index contributed by atoms with van der Waals surface area (Å²) in [4.78, 5) is 48.3. The summed E-state index contributed by atoms with van der Waals surface area (Å²) in [6.07, 6.45) is 0.933. The number of imide groups is 1. The highest BCUT2D eigenvalue weighted by molar-refractivity contribution is 6.02. The van der Waals surface area contributed by atoms with E-state index in [0.29, 0.717) is 13.0 Å². The fourth-order valence-electron chi connectivity index (χ4n) is 2.29. The van der Waals surface area contributed by atoms with E-state index >= 15 is 0 Å². The lowest BCUT2D eigenvalue weighted by atomic mass is 10.2. The summed E-state index contributed by atoms with van der Waals surface area (Å²) < 4.78 is 0. The molecule has 0 aromatic carbocycles. The molecule has 0 atom stereocenters. The van der Waals surface area contributed by atoms with Crippen molar-refractivity contribution in [2.45, 2.75) is 52.0 Å². The second-order valence-corrected chi connectivity index (χ2v) is 5.37. The molecule has 118 valence electrons. The Bertz CT molecular complexity index is 417. The Hall–Kier alpha value is -1.92. The third-order valence-electron chi connectivity index (χ3n) is 3.44. The van der Waals surface area contributed by atoms with Crippen LogP contribution in [0.4, 0.5) is 0 Å². The maximum atomic E-state index is 12.2. The lowest BCUT2D eigenvalue weighted by Crippen LogP contribution is -2.40. The van der Waals surface area contributed by atoms with Gasteiger partial charge in [-0.15, -0.1) is 0 Å². The molecule has 3 amide bonds. The Labute approximate surface area is 123 Å². The van der Waals surface area contributed by atoms with E-state index < -0.39 is 5.97 Å². The summed E-state index contributed by atoms with van der Waals surface area (Å²) in [6.45, 7) is 4.18. The molecule has 1 N–H and O–H groups in total. The molecule has 1 aliphatic heterocycles. The van der Waals surface area contributed by atoms with Crippen LogP contribution in [0.3, 0.4) is 0 Å². The Morgan fingerprint density at radius 1 is 1.19 bits per heavy atom. The number of amides is 3. The molecule has 7 heteroatoms. The Balaban J connectivity index is 2.47. The van der Waals surface area contributed by atoms with E-state index in [4.69, 9.17) is 5.11 Å². The van der Waals surface area contributed by atoms with E-state index in [2.05, 4.69) is 0 Å². The summed E-state index contributed by atoms with van der Waals surface area (Å²) in [5.74, 6) is -1.51. The molecule has 0 aromatic rings. The van der Waals surface area contributed by atoms with E-state index in [0.717, 1.165) is 4.90 Å². The molecule has 1 heterocycles. The van der Waals surface area contributed by atoms with E-state index in [1.807, 2.05) is 13.8 Å². The van der Waals surface area contributed by atoms with Crippen molar-refractivity contribution in [3.63, 3.8) is 0 Å². The number of likely N-dealkylation sites (tertiary alicyclic amines) is 1. The van der Waals surface area contributed by atoms with Crippen molar-refractivity contribution >= 4 is 23.7 Å². The molecule has 7 nitrogen and oxygen atoms in total. The first kappa shape index (κ1) is 17.1. The summed E-state index contributed by atoms with van der Waals surface area (Å²) in [5.41, 5.74) is 0. The molecule has 0 aliphatic carbocycles. The third kappa shape index (κ3) is 5.17. The van der Waals surface area contributed by atoms with Crippen molar-refractivity contribution in [2.24, 2.45) is 0 Å². The minimum Gasteiger partial charge on any atom is -0.481 e. The molecule has 1 fully saturated rings. The molecule has 0 saturated carbocycles. The van der Waals surface area contributed by atoms with Gasteiger partial charge in [0, 0.05) is 44.8 Å². The van der Waals surface area contributed by atoms with Gasteiger partial charge in [0.1, 0.15) is 0 Å². The highest BCUT2D eigenvalue weighted by Crippen LogP contribution is 2.13. The fourth-order valence-corrected chi connectivity index (χ4v) is 2.29. The third-order valence-corrected chi connectivity index (χ3v) is 3.44. The maximum Gasteiger partial charge on any atom is 0.303 e. The zero-order valence-corrected chi connectivity index (χ0v) is 12.5. The number of aliphatic carboxylic acids is 1. The van der Waals surface area contributed by atoms with Crippen LogP contribution in [0.25, 0.3) is 0 Å². The van der Waals surface area contributed by atoms with E-state index in [1.165, 1.54) is 0 Å². The molecule has 0 aromatic heterocycles. The van der Waals surface area contributed by atoms with Crippen molar-refractivity contribution in [3.8, 4) is 0 Å². The second kappa shape index (κ2) is 7.75. The fraction of sp³-hybridized carbons (Fsp3) is 0.714. The first-order chi connectivity index (χ1) is 9.82. The smallest absolute Gasteiger partial charge is 0.303 e. The van der Waals surface area contributed by atoms with Crippen LogP contribution in [-0.4, -0.2) is 57.7 Å². The van der Waals surface area contributed by atoms with E-state index in [1.54, 1.807) is 4.90 Å². The van der Waals surface area contributed by atoms with E-state index in [9.17, 15) is 19.2 Å². The molecular formula is C14H22N2O5. The number of nitrogens with zero attached hydrogens (tertiary/aromatic N) is 2. The highest BCUT2D eigenvalue weighted by atomic mass is 16.4. The summed E-state index contributed by atoms with van der Waals surface area (Å²) in [6, 6.07) is -0.0451. The maximum absolute atomic E-state index is 12.2. The van der Waals surface area contributed by atoms with Gasteiger partial charge in [0.25, 0.3) is 0 Å². The summed E-state index contributed by atoms with van der Waals surface area (Å²) >= 11 is 0. The molecule has 0 unspecified atom stereocenters. The van der Waals surface area contributed by atoms with Gasteiger partial charge in [-0.25, -0.2) is 0 Å². The van der Waals surface area contributed by atoms with Crippen LogP contribution in [0.1, 0.15) is 46.0 Å². The number of rotatable bonds is 8. The van der Waals surface area contributed by atoms with Crippen LogP contribution in [-0.2, 0) is 19.2 Å². The lowest BCUT2D eigenvalue weighted by Gasteiger charge is -2.27. The van der Waals surface area contributed by atoms with E-state index in [-0.39, 0.29) is 56.0 Å². The predicted octanol–water partition coefficient (Wildman–Crippen LogP) is 0.627. The predicted molar refractivity (Wildman–Crippen MR) is 74.3 cm³/mol. The van der Waals surface area contributed by atoms with Gasteiger partial charge >= 0.3 is 5.97 Å². The molecule has 1 rings (SSSR count). The minimum atomic E-state index is -0.889. The van der Waals surface area contributed by atoms with Crippen LogP contribution in [0, 0.1) is 0 Å². The Kier molecular flexibility index (Phi) is 6.33. The first-order valence-electron chi connectivity index (χ1n) is 7.17. The summed E-state index contributed by atoms with van der Waals surface area (Å²) in [7, 11) is 0. The van der Waals surface area contributed by atoms with Crippen molar-refractivity contribution in [2.75, 3.05) is 13.1 Å². The van der Waals surface area contributed by atoms with Crippen molar-refractivity contribution in [1.82, 2.24) is 9.80 Å². The topological polar surface area (TPSA) is 95.0 Å². The number of hydrogen-bond acceptors (Lipinski definition) is 4. The van der Waals surface area contributed by atoms with Crippen LogP contribution in [0.2, 0.25) is 0 Å². The van der Waals surface area contributed by atoms with Crippen molar-refractivity contribution < 1.29 is 24.3 Å². The van der Waals surface area contributed by atoms with Crippen LogP contribution in [0.15, 0.2) is 0 Å². The van der Waals surface area contributed by atoms with Gasteiger partial charge in [-0.3, -0.25) is 24.1 Å². The zero-order chi connectivity index (χ0) is 16.0. The molecule has 1 aliphatic rings. The average molecular weight is 298 g/mol. The number of hydrogen-bond donors (Lipinski definition) is 1. The Morgan fingerprint density at radius 2 is 1.76 bits per heavy atom. The van der Waals surface area contributed by atoms with Gasteiger partial charge in [0.15, 0.2) is 0 Å². The largest absolute Gasteiger partial charge is 0.481 e. The second-order valence-electron chi connectivity index (χ2n) is 5.37. The normalized spacial score (nSPS) is 14.9. The van der Waals surface area contributed by atoms with Crippen LogP contribution in [0.5, 0.6) is 0 Å². The van der Waals surface area contributed by atoms with Gasteiger partial charge < -0.3 is 10.0 Å². The monoisotopic (exact) mass is 298 g/mol. The minimum absolute atomic E-state index is 0.0135. The SMILES string of the molecule is CC(C)N(CCCC(=O)O)C(=O)CCN1C(=O)CCC1=O. The lowest BCUT2D eigenvalue weighted by molar-refractivity contribution is -0.141. The molecular weight excluding hydrogens is 276 g/mol. The number of carbonyl (C=O) groups excluding carboxylic acids is 3. The molecule has 0 spiro atoms. The average Bonchev–Trinajstić information content (AvgIpc) is 2.71. The number of carboxylic acids is 1. The molecule has 21 heavy (non-hydrogen) atoms. The van der Waals surface area contributed by atoms with Crippen molar-refractivity contribution in [3.05, 3.63) is 0 Å². The van der Waals surface area contributed by atoms with Crippen molar-refractivity contribution in [1.29, 1.82) is 0 Å². The van der Waals surface area contributed by atoms with Gasteiger partial charge in [-0.2, -0.15) is 0 Å². The van der Waals surface area contributed by atoms with Gasteiger partial charge in [0.2, 0.25) is 17.7 Å². The molecule has 0 bridgehead atoms. The number of carbonyl (C=O) groups is 4. The van der Waals surface area contributed by atoms with Gasteiger partial charge in [-0.1, -0.05) is 0 Å². The quantitative estimate of drug-likeness (QED) is 0.663. The highest BCUT2D eigenvalue weighted by Gasteiger charge is 2.29.